The fraction of sp³-hybridized carbons (Fsp3) is 0.588. The monoisotopic (exact) mass is 345 g/mol. The molecule has 0 atom stereocenters. The lowest BCUT2D eigenvalue weighted by atomic mass is 9.90. The number of nitrogens with zero attached hydrogens (tertiary/aromatic N) is 1. The predicted octanol–water partition coefficient (Wildman–Crippen LogP) is 3.38. The van der Waals surface area contributed by atoms with Crippen molar-refractivity contribution in [3.05, 3.63) is 29.8 Å². The van der Waals surface area contributed by atoms with Crippen LogP contribution in [0.25, 0.3) is 0 Å². The Balaban J connectivity index is 2.12. The molecule has 0 bridgehead atoms. The molecule has 1 aromatic carbocycles. The third-order valence-electron chi connectivity index (χ3n) is 3.92. The number of hydrogen-bond donors (Lipinski definition) is 1. The van der Waals surface area contributed by atoms with Gasteiger partial charge in [-0.25, -0.2) is 4.79 Å². The van der Waals surface area contributed by atoms with Crippen molar-refractivity contribution in [1.82, 2.24) is 0 Å². The van der Waals surface area contributed by atoms with Gasteiger partial charge in [0, 0.05) is 31.6 Å². The lowest BCUT2D eigenvalue weighted by Crippen LogP contribution is -2.51. The van der Waals surface area contributed by atoms with Gasteiger partial charge in [-0.3, -0.25) is 0 Å². The number of para-hydroxylation sites is 1. The maximum Gasteiger partial charge on any atom is 0.418 e. The quantitative estimate of drug-likeness (QED) is 0.835. The Morgan fingerprint density at radius 2 is 1.71 bits per heavy atom. The van der Waals surface area contributed by atoms with Crippen LogP contribution >= 0.6 is 0 Å². The van der Waals surface area contributed by atoms with Crippen LogP contribution in [0.15, 0.2) is 24.3 Å². The van der Waals surface area contributed by atoms with Gasteiger partial charge in [-0.2, -0.15) is 13.2 Å². The second-order valence-electron chi connectivity index (χ2n) is 7.04. The minimum atomic E-state index is -4.45. The number of anilines is 1. The first-order valence-electron chi connectivity index (χ1n) is 7.79. The highest BCUT2D eigenvalue weighted by atomic mass is 19.4. The van der Waals surface area contributed by atoms with E-state index < -0.39 is 28.9 Å². The van der Waals surface area contributed by atoms with E-state index in [9.17, 15) is 23.1 Å². The number of ether oxygens (including phenoxy) is 1. The van der Waals surface area contributed by atoms with Gasteiger partial charge in [-0.05, 0) is 32.9 Å². The highest BCUT2D eigenvalue weighted by molar-refractivity contribution is 5.80. The van der Waals surface area contributed by atoms with Crippen molar-refractivity contribution < 1.29 is 27.8 Å². The van der Waals surface area contributed by atoms with E-state index in [1.807, 2.05) is 0 Å². The Bertz CT molecular complexity index is 600. The largest absolute Gasteiger partial charge is 0.458 e. The van der Waals surface area contributed by atoms with E-state index in [1.54, 1.807) is 31.7 Å². The Hall–Kier alpha value is -1.76. The SMILES string of the molecule is CC(C)(C)OC(=O)C1(O)CCN(c2ccccc2C(F)(F)F)CC1. The number of benzene rings is 1. The van der Waals surface area contributed by atoms with Crippen LogP contribution in [0, 0.1) is 0 Å². The molecule has 1 N–H and O–H groups in total. The highest BCUT2D eigenvalue weighted by Gasteiger charge is 2.43. The minimum Gasteiger partial charge on any atom is -0.458 e. The van der Waals surface area contributed by atoms with Crippen LogP contribution in [0.5, 0.6) is 0 Å². The van der Waals surface area contributed by atoms with Crippen LogP contribution < -0.4 is 4.90 Å². The van der Waals surface area contributed by atoms with Crippen molar-refractivity contribution in [2.45, 2.75) is 51.0 Å². The topological polar surface area (TPSA) is 49.8 Å². The van der Waals surface area contributed by atoms with Crippen LogP contribution in [0.2, 0.25) is 0 Å². The number of hydrogen-bond acceptors (Lipinski definition) is 4. The van der Waals surface area contributed by atoms with E-state index in [2.05, 4.69) is 0 Å². The number of carbonyl (C=O) groups excluding carboxylic acids is 1. The van der Waals surface area contributed by atoms with Crippen LogP contribution in [0.1, 0.15) is 39.2 Å². The molecule has 7 heteroatoms. The van der Waals surface area contributed by atoms with Gasteiger partial charge in [0.25, 0.3) is 0 Å². The van der Waals surface area contributed by atoms with Gasteiger partial charge in [-0.1, -0.05) is 12.1 Å². The highest BCUT2D eigenvalue weighted by Crippen LogP contribution is 2.38. The number of alkyl halides is 3. The smallest absolute Gasteiger partial charge is 0.418 e. The molecule has 1 aliphatic rings. The molecule has 1 aromatic rings. The maximum atomic E-state index is 13.1. The van der Waals surface area contributed by atoms with Crippen molar-refractivity contribution in [3.63, 3.8) is 0 Å². The van der Waals surface area contributed by atoms with Crippen LogP contribution in [0.3, 0.4) is 0 Å². The fourth-order valence-electron chi connectivity index (χ4n) is 2.68. The minimum absolute atomic E-state index is 0.0219. The summed E-state index contributed by atoms with van der Waals surface area (Å²) in [5, 5.41) is 10.5. The summed E-state index contributed by atoms with van der Waals surface area (Å²) in [6, 6.07) is 5.32. The van der Waals surface area contributed by atoms with Crippen LogP contribution in [0.4, 0.5) is 18.9 Å². The number of rotatable bonds is 2. The van der Waals surface area contributed by atoms with Gasteiger partial charge in [0.2, 0.25) is 0 Å². The number of halogens is 3. The number of piperidine rings is 1. The van der Waals surface area contributed by atoms with Gasteiger partial charge < -0.3 is 14.7 Å². The van der Waals surface area contributed by atoms with Crippen molar-refractivity contribution in [3.8, 4) is 0 Å². The molecule has 0 radical (unpaired) electrons. The predicted molar refractivity (Wildman–Crippen MR) is 83.7 cm³/mol. The molecule has 1 aliphatic heterocycles. The molecule has 1 fully saturated rings. The Kier molecular flexibility index (Phi) is 4.86. The van der Waals surface area contributed by atoms with Crippen LogP contribution in [-0.2, 0) is 15.7 Å². The van der Waals surface area contributed by atoms with Gasteiger partial charge in [-0.15, -0.1) is 0 Å². The molecule has 0 amide bonds. The van der Waals surface area contributed by atoms with E-state index >= 15 is 0 Å². The third kappa shape index (κ3) is 4.20. The zero-order chi connectivity index (χ0) is 18.2. The Morgan fingerprint density at radius 1 is 1.17 bits per heavy atom. The van der Waals surface area contributed by atoms with Crippen molar-refractivity contribution >= 4 is 11.7 Å². The summed E-state index contributed by atoms with van der Waals surface area (Å²) in [5.74, 6) is -0.723. The lowest BCUT2D eigenvalue weighted by Gasteiger charge is -2.39. The van der Waals surface area contributed by atoms with Gasteiger partial charge in [0.05, 0.1) is 5.56 Å². The van der Waals surface area contributed by atoms with Gasteiger partial charge in [0.1, 0.15) is 5.60 Å². The number of aliphatic hydroxyl groups is 1. The molecular formula is C17H22F3NO3. The first-order chi connectivity index (χ1) is 10.9. The Morgan fingerprint density at radius 3 is 2.21 bits per heavy atom. The maximum absolute atomic E-state index is 13.1. The fourth-order valence-corrected chi connectivity index (χ4v) is 2.68. The van der Waals surface area contributed by atoms with Gasteiger partial charge >= 0.3 is 12.1 Å². The molecule has 134 valence electrons. The zero-order valence-electron chi connectivity index (χ0n) is 14.0. The summed E-state index contributed by atoms with van der Waals surface area (Å²) >= 11 is 0. The normalized spacial score (nSPS) is 18.4. The summed E-state index contributed by atoms with van der Waals surface area (Å²) in [7, 11) is 0. The second-order valence-corrected chi connectivity index (χ2v) is 7.04. The van der Waals surface area contributed by atoms with Crippen molar-refractivity contribution in [2.24, 2.45) is 0 Å². The Labute approximate surface area is 139 Å². The molecule has 1 heterocycles. The standard InChI is InChI=1S/C17H22F3NO3/c1-15(2,3)24-14(22)16(23)8-10-21(11-9-16)13-7-5-4-6-12(13)17(18,19)20/h4-7,23H,8-11H2,1-3H3. The van der Waals surface area contributed by atoms with Crippen LogP contribution in [-0.4, -0.2) is 35.4 Å². The average Bonchev–Trinajstić information content (AvgIpc) is 2.45. The summed E-state index contributed by atoms with van der Waals surface area (Å²) in [6.45, 7) is 5.38. The first kappa shape index (κ1) is 18.6. The zero-order valence-corrected chi connectivity index (χ0v) is 14.0. The molecule has 0 unspecified atom stereocenters. The number of esters is 1. The second kappa shape index (κ2) is 6.27. The third-order valence-corrected chi connectivity index (χ3v) is 3.92. The summed E-state index contributed by atoms with van der Waals surface area (Å²) < 4.78 is 44.6. The van der Waals surface area contributed by atoms with Gasteiger partial charge in [0.15, 0.2) is 5.60 Å². The molecule has 1 saturated heterocycles. The summed E-state index contributed by atoms with van der Waals surface area (Å²) in [4.78, 5) is 13.7. The molecular weight excluding hydrogens is 323 g/mol. The lowest BCUT2D eigenvalue weighted by molar-refractivity contribution is -0.179. The molecule has 0 spiro atoms. The molecule has 2 rings (SSSR count). The number of carbonyl (C=O) groups is 1. The van der Waals surface area contributed by atoms with E-state index in [0.29, 0.717) is 0 Å². The molecule has 0 aliphatic carbocycles. The first-order valence-corrected chi connectivity index (χ1v) is 7.79. The molecule has 0 saturated carbocycles. The molecule has 24 heavy (non-hydrogen) atoms. The van der Waals surface area contributed by atoms with E-state index in [1.165, 1.54) is 12.1 Å². The van der Waals surface area contributed by atoms with E-state index in [4.69, 9.17) is 4.74 Å². The van der Waals surface area contributed by atoms with Crippen molar-refractivity contribution in [2.75, 3.05) is 18.0 Å². The molecule has 0 aromatic heterocycles. The van der Waals surface area contributed by atoms with E-state index in [0.717, 1.165) is 6.07 Å². The van der Waals surface area contributed by atoms with E-state index in [-0.39, 0.29) is 31.6 Å². The summed E-state index contributed by atoms with van der Waals surface area (Å²) in [6.07, 6.45) is -4.41. The average molecular weight is 345 g/mol. The molecule has 4 nitrogen and oxygen atoms in total. The van der Waals surface area contributed by atoms with Crippen molar-refractivity contribution in [1.29, 1.82) is 0 Å². The summed E-state index contributed by atoms with van der Waals surface area (Å²) in [5.41, 5.74) is -3.03.